The van der Waals surface area contributed by atoms with Gasteiger partial charge in [0.1, 0.15) is 0 Å². The van der Waals surface area contributed by atoms with Crippen molar-refractivity contribution in [3.8, 4) is 0 Å². The number of amides is 1. The predicted molar refractivity (Wildman–Crippen MR) is 75.1 cm³/mol. The lowest BCUT2D eigenvalue weighted by Gasteiger charge is -2.42. The van der Waals surface area contributed by atoms with E-state index in [0.29, 0.717) is 12.3 Å². The maximum atomic E-state index is 12.7. The maximum absolute atomic E-state index is 12.7. The monoisotopic (exact) mass is 279 g/mol. The number of nitrogens with zero attached hydrogens (tertiary/aromatic N) is 1. The molecule has 2 saturated carbocycles. The molecular formula is C16H25NO3. The van der Waals surface area contributed by atoms with Crippen LogP contribution >= 0.6 is 0 Å². The Morgan fingerprint density at radius 1 is 0.850 bits per heavy atom. The summed E-state index contributed by atoms with van der Waals surface area (Å²) >= 11 is 0. The van der Waals surface area contributed by atoms with Crippen molar-refractivity contribution in [2.45, 2.75) is 51.4 Å². The van der Waals surface area contributed by atoms with E-state index in [4.69, 9.17) is 0 Å². The van der Waals surface area contributed by atoms with Gasteiger partial charge in [0.15, 0.2) is 0 Å². The SMILES string of the molecule is O=C(O)[C@H]1CCC[C@H]1C(=O)N1CCC2CCCCC2C1. The van der Waals surface area contributed by atoms with E-state index in [1.165, 1.54) is 25.7 Å². The van der Waals surface area contributed by atoms with Crippen LogP contribution in [0.4, 0.5) is 0 Å². The second-order valence-electron chi connectivity index (χ2n) is 6.86. The molecule has 2 unspecified atom stereocenters. The second-order valence-corrected chi connectivity index (χ2v) is 6.86. The summed E-state index contributed by atoms with van der Waals surface area (Å²) in [7, 11) is 0. The minimum Gasteiger partial charge on any atom is -0.481 e. The molecule has 0 aromatic heterocycles. The third-order valence-electron chi connectivity index (χ3n) is 5.75. The van der Waals surface area contributed by atoms with Gasteiger partial charge in [0, 0.05) is 13.1 Å². The van der Waals surface area contributed by atoms with Crippen molar-refractivity contribution in [2.75, 3.05) is 13.1 Å². The molecule has 0 aromatic carbocycles. The summed E-state index contributed by atoms with van der Waals surface area (Å²) < 4.78 is 0. The number of carboxylic acids is 1. The first kappa shape index (κ1) is 13.9. The summed E-state index contributed by atoms with van der Waals surface area (Å²) in [5, 5.41) is 9.25. The molecule has 3 aliphatic rings. The summed E-state index contributed by atoms with van der Waals surface area (Å²) in [6.07, 6.45) is 8.67. The highest BCUT2D eigenvalue weighted by atomic mass is 16.4. The van der Waals surface area contributed by atoms with E-state index < -0.39 is 11.9 Å². The molecular weight excluding hydrogens is 254 g/mol. The molecule has 1 heterocycles. The molecule has 1 aliphatic heterocycles. The zero-order valence-electron chi connectivity index (χ0n) is 12.1. The highest BCUT2D eigenvalue weighted by Crippen LogP contribution is 2.38. The molecule has 3 rings (SSSR count). The van der Waals surface area contributed by atoms with Crippen molar-refractivity contribution in [3.05, 3.63) is 0 Å². The molecule has 4 atom stereocenters. The third-order valence-corrected chi connectivity index (χ3v) is 5.75. The molecule has 4 nitrogen and oxygen atoms in total. The van der Waals surface area contributed by atoms with E-state index >= 15 is 0 Å². The van der Waals surface area contributed by atoms with Gasteiger partial charge >= 0.3 is 5.97 Å². The smallest absolute Gasteiger partial charge is 0.307 e. The summed E-state index contributed by atoms with van der Waals surface area (Å²) in [6.45, 7) is 1.73. The molecule has 4 heteroatoms. The highest BCUT2D eigenvalue weighted by molar-refractivity contribution is 5.85. The number of fused-ring (bicyclic) bond motifs is 1. The van der Waals surface area contributed by atoms with E-state index in [-0.39, 0.29) is 11.8 Å². The number of rotatable bonds is 2. The van der Waals surface area contributed by atoms with Crippen molar-refractivity contribution in [3.63, 3.8) is 0 Å². The van der Waals surface area contributed by atoms with Crippen molar-refractivity contribution in [2.24, 2.45) is 23.7 Å². The van der Waals surface area contributed by atoms with Gasteiger partial charge < -0.3 is 10.0 Å². The summed E-state index contributed by atoms with van der Waals surface area (Å²) in [5.74, 6) is 0.129. The van der Waals surface area contributed by atoms with Crippen molar-refractivity contribution >= 4 is 11.9 Å². The zero-order chi connectivity index (χ0) is 14.1. The van der Waals surface area contributed by atoms with Crippen LogP contribution < -0.4 is 0 Å². The van der Waals surface area contributed by atoms with Gasteiger partial charge in [-0.15, -0.1) is 0 Å². The maximum Gasteiger partial charge on any atom is 0.307 e. The Morgan fingerprint density at radius 3 is 2.30 bits per heavy atom. The van der Waals surface area contributed by atoms with Crippen LogP contribution in [0.1, 0.15) is 51.4 Å². The van der Waals surface area contributed by atoms with E-state index in [9.17, 15) is 14.7 Å². The van der Waals surface area contributed by atoms with Crippen molar-refractivity contribution < 1.29 is 14.7 Å². The Labute approximate surface area is 120 Å². The second kappa shape index (κ2) is 5.74. The van der Waals surface area contributed by atoms with Gasteiger partial charge in [-0.1, -0.05) is 25.7 Å². The fourth-order valence-corrected chi connectivity index (χ4v) is 4.59. The van der Waals surface area contributed by atoms with Gasteiger partial charge in [-0.25, -0.2) is 0 Å². The Kier molecular flexibility index (Phi) is 3.99. The van der Waals surface area contributed by atoms with Crippen molar-refractivity contribution in [1.82, 2.24) is 4.90 Å². The van der Waals surface area contributed by atoms with Gasteiger partial charge in [-0.05, 0) is 37.5 Å². The van der Waals surface area contributed by atoms with Crippen LogP contribution in [0.5, 0.6) is 0 Å². The first-order valence-electron chi connectivity index (χ1n) is 8.18. The molecule has 0 aromatic rings. The number of carbonyl (C=O) groups is 2. The predicted octanol–water partition coefficient (Wildman–Crippen LogP) is 2.53. The van der Waals surface area contributed by atoms with E-state index in [2.05, 4.69) is 0 Å². The van der Waals surface area contributed by atoms with Gasteiger partial charge in [0.05, 0.1) is 11.8 Å². The number of carbonyl (C=O) groups excluding carboxylic acids is 1. The lowest BCUT2D eigenvalue weighted by atomic mass is 9.75. The number of aliphatic carboxylic acids is 1. The molecule has 112 valence electrons. The zero-order valence-corrected chi connectivity index (χ0v) is 12.1. The van der Waals surface area contributed by atoms with E-state index in [1.54, 1.807) is 0 Å². The van der Waals surface area contributed by atoms with Crippen molar-refractivity contribution in [1.29, 1.82) is 0 Å². The fraction of sp³-hybridized carbons (Fsp3) is 0.875. The van der Waals surface area contributed by atoms with Crippen LogP contribution in [0.3, 0.4) is 0 Å². The largest absolute Gasteiger partial charge is 0.481 e. The lowest BCUT2D eigenvalue weighted by Crippen LogP contribution is -2.48. The minimum absolute atomic E-state index is 0.124. The number of piperidine rings is 1. The lowest BCUT2D eigenvalue weighted by molar-refractivity contribution is -0.150. The van der Waals surface area contributed by atoms with Crippen LogP contribution in [0.2, 0.25) is 0 Å². The fourth-order valence-electron chi connectivity index (χ4n) is 4.59. The van der Waals surface area contributed by atoms with Crippen LogP contribution in [0, 0.1) is 23.7 Å². The first-order chi connectivity index (χ1) is 9.66. The Morgan fingerprint density at radius 2 is 1.55 bits per heavy atom. The molecule has 20 heavy (non-hydrogen) atoms. The van der Waals surface area contributed by atoms with E-state index in [1.807, 2.05) is 4.90 Å². The molecule has 0 spiro atoms. The van der Waals surface area contributed by atoms with Crippen LogP contribution in [-0.2, 0) is 9.59 Å². The average Bonchev–Trinajstić information content (AvgIpc) is 2.95. The summed E-state index contributed by atoms with van der Waals surface area (Å²) in [4.78, 5) is 25.9. The quantitative estimate of drug-likeness (QED) is 0.845. The Bertz CT molecular complexity index is 395. The molecule has 3 fully saturated rings. The van der Waals surface area contributed by atoms with Gasteiger partial charge in [0.2, 0.25) is 5.91 Å². The number of carboxylic acid groups (broad SMARTS) is 1. The van der Waals surface area contributed by atoms with Crippen LogP contribution in [0.15, 0.2) is 0 Å². The van der Waals surface area contributed by atoms with Crippen LogP contribution in [0.25, 0.3) is 0 Å². The normalized spacial score (nSPS) is 37.5. The van der Waals surface area contributed by atoms with Gasteiger partial charge in [-0.3, -0.25) is 9.59 Å². The Hall–Kier alpha value is -1.06. The first-order valence-corrected chi connectivity index (χ1v) is 8.18. The number of hydrogen-bond donors (Lipinski definition) is 1. The van der Waals surface area contributed by atoms with Crippen LogP contribution in [-0.4, -0.2) is 35.0 Å². The molecule has 2 aliphatic carbocycles. The molecule has 1 amide bonds. The number of likely N-dealkylation sites (tertiary alicyclic amines) is 1. The number of hydrogen-bond acceptors (Lipinski definition) is 2. The Balaban J connectivity index is 1.64. The summed E-state index contributed by atoms with van der Waals surface area (Å²) in [6, 6.07) is 0. The molecule has 0 radical (unpaired) electrons. The third kappa shape index (κ3) is 2.57. The van der Waals surface area contributed by atoms with E-state index in [0.717, 1.165) is 38.3 Å². The highest BCUT2D eigenvalue weighted by Gasteiger charge is 2.41. The van der Waals surface area contributed by atoms with Gasteiger partial charge in [0.25, 0.3) is 0 Å². The summed E-state index contributed by atoms with van der Waals surface area (Å²) in [5.41, 5.74) is 0. The van der Waals surface area contributed by atoms with Gasteiger partial charge in [-0.2, -0.15) is 0 Å². The average molecular weight is 279 g/mol. The topological polar surface area (TPSA) is 57.6 Å². The standard InChI is InChI=1S/C16H25NO3/c18-15(13-6-3-7-14(13)16(19)20)17-9-8-11-4-1-2-5-12(11)10-17/h11-14H,1-10H2,(H,19,20)/t11?,12?,13-,14+/m1/s1. The minimum atomic E-state index is -0.784. The molecule has 0 bridgehead atoms. The molecule has 1 saturated heterocycles. The molecule has 1 N–H and O–H groups in total.